The topological polar surface area (TPSA) is 84.0 Å². The van der Waals surface area contributed by atoms with Gasteiger partial charge in [0.25, 0.3) is 0 Å². The highest BCUT2D eigenvalue weighted by atomic mass is 35.5. The fourth-order valence-electron chi connectivity index (χ4n) is 2.49. The SMILES string of the molecule is NC(=NO)C1CN(c2ccnc3cc(Cl)ccc23)CCO1. The molecule has 7 heteroatoms. The molecule has 0 spiro atoms. The molecule has 0 aliphatic carbocycles. The lowest BCUT2D eigenvalue weighted by Gasteiger charge is -2.34. The number of ether oxygens (including phenoxy) is 1. The Labute approximate surface area is 126 Å². The van der Waals surface area contributed by atoms with Gasteiger partial charge < -0.3 is 20.6 Å². The van der Waals surface area contributed by atoms with Crippen LogP contribution in [0.5, 0.6) is 0 Å². The molecule has 1 aliphatic heterocycles. The molecule has 1 atom stereocenters. The van der Waals surface area contributed by atoms with E-state index < -0.39 is 6.10 Å². The number of aromatic nitrogens is 1. The molecule has 110 valence electrons. The first-order valence-electron chi connectivity index (χ1n) is 6.57. The van der Waals surface area contributed by atoms with Crippen LogP contribution in [0.4, 0.5) is 5.69 Å². The third-order valence-corrected chi connectivity index (χ3v) is 3.77. The monoisotopic (exact) mass is 306 g/mol. The third-order valence-electron chi connectivity index (χ3n) is 3.53. The van der Waals surface area contributed by atoms with Crippen molar-refractivity contribution in [2.24, 2.45) is 10.9 Å². The summed E-state index contributed by atoms with van der Waals surface area (Å²) in [6.07, 6.45) is 1.33. The van der Waals surface area contributed by atoms with Crippen molar-refractivity contribution in [2.45, 2.75) is 6.10 Å². The van der Waals surface area contributed by atoms with E-state index in [1.807, 2.05) is 24.3 Å². The van der Waals surface area contributed by atoms with Crippen LogP contribution in [0.2, 0.25) is 5.02 Å². The van der Waals surface area contributed by atoms with Crippen molar-refractivity contribution >= 4 is 34.0 Å². The summed E-state index contributed by atoms with van der Waals surface area (Å²) in [5.74, 6) is 0.0844. The average Bonchev–Trinajstić information content (AvgIpc) is 2.53. The molecule has 3 rings (SSSR count). The average molecular weight is 307 g/mol. The van der Waals surface area contributed by atoms with Gasteiger partial charge in [-0.15, -0.1) is 0 Å². The molecule has 1 unspecified atom stereocenters. The highest BCUT2D eigenvalue weighted by molar-refractivity contribution is 6.31. The van der Waals surface area contributed by atoms with Crippen molar-refractivity contribution in [1.29, 1.82) is 0 Å². The first-order valence-corrected chi connectivity index (χ1v) is 6.95. The van der Waals surface area contributed by atoms with E-state index in [4.69, 9.17) is 27.3 Å². The molecule has 0 bridgehead atoms. The van der Waals surface area contributed by atoms with Gasteiger partial charge in [-0.1, -0.05) is 16.8 Å². The molecule has 0 radical (unpaired) electrons. The Balaban J connectivity index is 1.96. The largest absolute Gasteiger partial charge is 0.409 e. The number of amidine groups is 1. The molecule has 1 aromatic carbocycles. The molecular weight excluding hydrogens is 292 g/mol. The molecule has 2 heterocycles. The summed E-state index contributed by atoms with van der Waals surface area (Å²) in [6, 6.07) is 7.58. The molecule has 21 heavy (non-hydrogen) atoms. The maximum absolute atomic E-state index is 8.79. The van der Waals surface area contributed by atoms with E-state index in [0.29, 0.717) is 18.2 Å². The number of halogens is 1. The standard InChI is InChI=1S/C14H15ClN4O2/c15-9-1-2-10-11(7-9)17-4-3-12(10)19-5-6-21-13(8-19)14(16)18-20/h1-4,7,13,20H,5-6,8H2,(H2,16,18). The number of benzene rings is 1. The number of nitrogens with two attached hydrogens (primary N) is 1. The van der Waals surface area contributed by atoms with Crippen LogP contribution in [0.3, 0.4) is 0 Å². The number of hydrogen-bond donors (Lipinski definition) is 2. The van der Waals surface area contributed by atoms with E-state index in [9.17, 15) is 0 Å². The first-order chi connectivity index (χ1) is 10.2. The predicted octanol–water partition coefficient (Wildman–Crippen LogP) is 1.84. The highest BCUT2D eigenvalue weighted by Crippen LogP contribution is 2.28. The molecule has 6 nitrogen and oxygen atoms in total. The number of nitrogens with zero attached hydrogens (tertiary/aromatic N) is 3. The van der Waals surface area contributed by atoms with Crippen LogP contribution in [-0.4, -0.2) is 41.8 Å². The Bertz CT molecular complexity index is 692. The summed E-state index contributed by atoms with van der Waals surface area (Å²) in [4.78, 5) is 6.48. The zero-order valence-electron chi connectivity index (χ0n) is 11.2. The number of morpholine rings is 1. The van der Waals surface area contributed by atoms with Gasteiger partial charge in [-0.3, -0.25) is 4.98 Å². The van der Waals surface area contributed by atoms with Crippen LogP contribution >= 0.6 is 11.6 Å². The van der Waals surface area contributed by atoms with Gasteiger partial charge in [-0.05, 0) is 24.3 Å². The summed E-state index contributed by atoms with van der Waals surface area (Å²) < 4.78 is 5.52. The van der Waals surface area contributed by atoms with Crippen LogP contribution in [0.15, 0.2) is 35.6 Å². The smallest absolute Gasteiger partial charge is 0.170 e. The number of hydrogen-bond acceptors (Lipinski definition) is 5. The Morgan fingerprint density at radius 2 is 2.33 bits per heavy atom. The van der Waals surface area contributed by atoms with Gasteiger partial charge in [-0.25, -0.2) is 0 Å². The predicted molar refractivity (Wildman–Crippen MR) is 82.1 cm³/mol. The molecule has 0 saturated carbocycles. The lowest BCUT2D eigenvalue weighted by molar-refractivity contribution is 0.0808. The Hall–Kier alpha value is -2.05. The number of rotatable bonds is 2. The minimum absolute atomic E-state index is 0.0844. The molecule has 3 N–H and O–H groups in total. The first kappa shape index (κ1) is 13.9. The maximum Gasteiger partial charge on any atom is 0.170 e. The van der Waals surface area contributed by atoms with E-state index in [2.05, 4.69) is 15.0 Å². The lowest BCUT2D eigenvalue weighted by atomic mass is 10.1. The molecule has 1 aliphatic rings. The molecule has 1 aromatic heterocycles. The van der Waals surface area contributed by atoms with Gasteiger partial charge >= 0.3 is 0 Å². The zero-order chi connectivity index (χ0) is 14.8. The number of fused-ring (bicyclic) bond motifs is 1. The Kier molecular flexibility index (Phi) is 3.81. The number of oxime groups is 1. The molecule has 1 fully saturated rings. The van der Waals surface area contributed by atoms with E-state index in [1.165, 1.54) is 0 Å². The van der Waals surface area contributed by atoms with E-state index in [1.54, 1.807) is 6.20 Å². The fourth-order valence-corrected chi connectivity index (χ4v) is 2.66. The summed E-state index contributed by atoms with van der Waals surface area (Å²) in [5, 5.41) is 13.5. The van der Waals surface area contributed by atoms with E-state index >= 15 is 0 Å². The summed E-state index contributed by atoms with van der Waals surface area (Å²) in [5.41, 5.74) is 7.52. The highest BCUT2D eigenvalue weighted by Gasteiger charge is 2.25. The van der Waals surface area contributed by atoms with Gasteiger partial charge in [0.15, 0.2) is 5.84 Å². The van der Waals surface area contributed by atoms with Gasteiger partial charge in [-0.2, -0.15) is 0 Å². The summed E-state index contributed by atoms with van der Waals surface area (Å²) in [7, 11) is 0. The van der Waals surface area contributed by atoms with Gasteiger partial charge in [0.05, 0.1) is 18.7 Å². The van der Waals surface area contributed by atoms with E-state index in [-0.39, 0.29) is 5.84 Å². The summed E-state index contributed by atoms with van der Waals surface area (Å²) >= 11 is 6.01. The van der Waals surface area contributed by atoms with Crippen molar-refractivity contribution in [3.8, 4) is 0 Å². The van der Waals surface area contributed by atoms with Crippen LogP contribution in [0.25, 0.3) is 10.9 Å². The molecular formula is C14H15ClN4O2. The second-order valence-corrected chi connectivity index (χ2v) is 5.26. The number of anilines is 1. The summed E-state index contributed by atoms with van der Waals surface area (Å²) in [6.45, 7) is 1.77. The van der Waals surface area contributed by atoms with Gasteiger partial charge in [0.1, 0.15) is 6.10 Å². The van der Waals surface area contributed by atoms with Crippen LogP contribution in [0.1, 0.15) is 0 Å². The van der Waals surface area contributed by atoms with Gasteiger partial charge in [0, 0.05) is 28.8 Å². The lowest BCUT2D eigenvalue weighted by Crippen LogP contribution is -2.48. The second kappa shape index (κ2) is 5.75. The maximum atomic E-state index is 8.79. The van der Waals surface area contributed by atoms with Crippen LogP contribution < -0.4 is 10.6 Å². The van der Waals surface area contributed by atoms with E-state index in [0.717, 1.165) is 23.1 Å². The van der Waals surface area contributed by atoms with Crippen molar-refractivity contribution in [3.05, 3.63) is 35.5 Å². The molecule has 0 amide bonds. The Morgan fingerprint density at radius 1 is 1.48 bits per heavy atom. The number of pyridine rings is 1. The van der Waals surface area contributed by atoms with Crippen molar-refractivity contribution in [3.63, 3.8) is 0 Å². The second-order valence-electron chi connectivity index (χ2n) is 4.82. The quantitative estimate of drug-likeness (QED) is 0.383. The minimum atomic E-state index is -0.417. The van der Waals surface area contributed by atoms with Crippen LogP contribution in [-0.2, 0) is 4.74 Å². The normalized spacial score (nSPS) is 20.0. The van der Waals surface area contributed by atoms with Crippen molar-refractivity contribution in [1.82, 2.24) is 4.98 Å². The van der Waals surface area contributed by atoms with Gasteiger partial charge in [0.2, 0.25) is 0 Å². The van der Waals surface area contributed by atoms with Crippen molar-refractivity contribution < 1.29 is 9.94 Å². The molecule has 1 saturated heterocycles. The third kappa shape index (κ3) is 2.72. The zero-order valence-corrected chi connectivity index (χ0v) is 12.0. The fraction of sp³-hybridized carbons (Fsp3) is 0.286. The minimum Gasteiger partial charge on any atom is -0.409 e. The Morgan fingerprint density at radius 3 is 3.14 bits per heavy atom. The van der Waals surface area contributed by atoms with Crippen LogP contribution in [0, 0.1) is 0 Å². The molecule has 2 aromatic rings. The van der Waals surface area contributed by atoms with Crippen molar-refractivity contribution in [2.75, 3.05) is 24.6 Å².